The lowest BCUT2D eigenvalue weighted by atomic mass is 9.97. The SMILES string of the molecule is CCN(CC)c1ccc(C(=O)c2ccccc2C(=O)NCCOCCOCCNC(=O)CCCC[C@@H]2SC[C@@H]3NC(=O)N[C@@H]32)c(O)c1. The van der Waals surface area contributed by atoms with E-state index in [0.717, 1.165) is 43.8 Å². The molecule has 256 valence electrons. The fraction of sp³-hybridized carbons (Fsp3) is 0.529. The van der Waals surface area contributed by atoms with Crippen LogP contribution < -0.4 is 26.2 Å². The highest BCUT2D eigenvalue weighted by Gasteiger charge is 2.42. The molecule has 47 heavy (non-hydrogen) atoms. The molecule has 0 radical (unpaired) electrons. The smallest absolute Gasteiger partial charge is 0.315 e. The Balaban J connectivity index is 1.05. The summed E-state index contributed by atoms with van der Waals surface area (Å²) in [6.07, 6.45) is 3.21. The van der Waals surface area contributed by atoms with Crippen LogP contribution in [0.25, 0.3) is 0 Å². The van der Waals surface area contributed by atoms with Crippen molar-refractivity contribution in [1.29, 1.82) is 0 Å². The first-order valence-corrected chi connectivity index (χ1v) is 17.5. The standard InChI is InChI=1S/C34H47N5O7S/c1-3-39(4-2)23-13-14-26(28(40)21-23)32(42)24-9-5-6-10-25(24)33(43)36-16-18-46-20-19-45-17-15-35-30(41)12-8-7-11-29-31-27(22-47-29)37-34(44)38-31/h5-6,9-10,13-14,21,27,29,31,40H,3-4,7-8,11-12,15-20,22H2,1-2H3,(H,35,41)(H,36,43)(H2,37,38,44)/t27-,29-,31-/m0/s1. The minimum absolute atomic E-state index is 0.00153. The molecule has 4 amide bonds. The van der Waals surface area contributed by atoms with Crippen LogP contribution in [0.2, 0.25) is 0 Å². The third-order valence-corrected chi connectivity index (χ3v) is 9.83. The summed E-state index contributed by atoms with van der Waals surface area (Å²) in [4.78, 5) is 51.8. The van der Waals surface area contributed by atoms with Crippen molar-refractivity contribution in [2.75, 3.05) is 63.3 Å². The van der Waals surface area contributed by atoms with Crippen LogP contribution in [-0.2, 0) is 14.3 Å². The number of aromatic hydroxyl groups is 1. The summed E-state index contributed by atoms with van der Waals surface area (Å²) in [5, 5.41) is 22.6. The maximum Gasteiger partial charge on any atom is 0.315 e. The van der Waals surface area contributed by atoms with Crippen molar-refractivity contribution < 1.29 is 33.8 Å². The average molecular weight is 670 g/mol. The number of nitrogens with one attached hydrogen (secondary N) is 4. The summed E-state index contributed by atoms with van der Waals surface area (Å²) in [7, 11) is 0. The van der Waals surface area contributed by atoms with Gasteiger partial charge in [-0.25, -0.2) is 4.79 Å². The maximum atomic E-state index is 13.3. The van der Waals surface area contributed by atoms with Gasteiger partial charge in [-0.3, -0.25) is 14.4 Å². The van der Waals surface area contributed by atoms with Gasteiger partial charge in [0, 0.05) is 60.9 Å². The van der Waals surface area contributed by atoms with Gasteiger partial charge in [0.2, 0.25) is 5.91 Å². The van der Waals surface area contributed by atoms with E-state index < -0.39 is 11.7 Å². The molecule has 2 heterocycles. The predicted molar refractivity (Wildman–Crippen MR) is 182 cm³/mol. The second-order valence-corrected chi connectivity index (χ2v) is 12.7. The number of ether oxygens (including phenoxy) is 2. The molecule has 2 fully saturated rings. The molecule has 2 aliphatic heterocycles. The number of thioether (sulfide) groups is 1. The Morgan fingerprint density at radius 1 is 0.915 bits per heavy atom. The Hall–Kier alpha value is -3.81. The van der Waals surface area contributed by atoms with Crippen molar-refractivity contribution in [3.8, 4) is 5.75 Å². The number of benzene rings is 2. The molecule has 3 atom stereocenters. The van der Waals surface area contributed by atoms with Crippen molar-refractivity contribution in [2.24, 2.45) is 0 Å². The van der Waals surface area contributed by atoms with E-state index in [-0.39, 0.29) is 59.6 Å². The number of carbonyl (C=O) groups is 4. The van der Waals surface area contributed by atoms with Gasteiger partial charge in [-0.2, -0.15) is 11.8 Å². The van der Waals surface area contributed by atoms with E-state index in [9.17, 15) is 24.3 Å². The number of phenols is 1. The zero-order valence-corrected chi connectivity index (χ0v) is 28.0. The number of ketones is 1. The van der Waals surface area contributed by atoms with E-state index in [2.05, 4.69) is 26.2 Å². The van der Waals surface area contributed by atoms with Crippen molar-refractivity contribution in [3.63, 3.8) is 0 Å². The summed E-state index contributed by atoms with van der Waals surface area (Å²) < 4.78 is 11.1. The Kier molecular flexibility index (Phi) is 14.2. The molecular formula is C34H47N5O7S. The monoisotopic (exact) mass is 669 g/mol. The molecule has 0 bridgehead atoms. The molecule has 2 saturated heterocycles. The third kappa shape index (κ3) is 10.3. The molecule has 2 aromatic carbocycles. The summed E-state index contributed by atoms with van der Waals surface area (Å²) in [6, 6.07) is 11.8. The topological polar surface area (TPSA) is 158 Å². The van der Waals surface area contributed by atoms with Gasteiger partial charge in [-0.1, -0.05) is 24.6 Å². The van der Waals surface area contributed by atoms with Crippen LogP contribution in [0.4, 0.5) is 10.5 Å². The second-order valence-electron chi connectivity index (χ2n) is 11.4. The van der Waals surface area contributed by atoms with E-state index >= 15 is 0 Å². The summed E-state index contributed by atoms with van der Waals surface area (Å²) >= 11 is 1.88. The molecule has 2 aromatic rings. The number of nitrogens with zero attached hydrogens (tertiary/aromatic N) is 1. The van der Waals surface area contributed by atoms with Gasteiger partial charge in [0.1, 0.15) is 5.75 Å². The van der Waals surface area contributed by atoms with Crippen LogP contribution in [0.3, 0.4) is 0 Å². The van der Waals surface area contributed by atoms with Gasteiger partial charge in [-0.15, -0.1) is 0 Å². The van der Waals surface area contributed by atoms with Crippen LogP contribution in [0.15, 0.2) is 42.5 Å². The van der Waals surface area contributed by atoms with Gasteiger partial charge in [0.15, 0.2) is 5.78 Å². The van der Waals surface area contributed by atoms with Crippen LogP contribution in [-0.4, -0.2) is 104 Å². The zero-order valence-electron chi connectivity index (χ0n) is 27.2. The van der Waals surface area contributed by atoms with Crippen molar-refractivity contribution in [1.82, 2.24) is 21.3 Å². The highest BCUT2D eigenvalue weighted by atomic mass is 32.2. The number of anilines is 1. The molecule has 0 aliphatic carbocycles. The Morgan fingerprint density at radius 2 is 1.62 bits per heavy atom. The highest BCUT2D eigenvalue weighted by Crippen LogP contribution is 2.33. The molecule has 0 saturated carbocycles. The van der Waals surface area contributed by atoms with Gasteiger partial charge in [-0.05, 0) is 44.9 Å². The molecule has 2 aliphatic rings. The second kappa shape index (κ2) is 18.5. The van der Waals surface area contributed by atoms with Crippen LogP contribution >= 0.6 is 11.8 Å². The predicted octanol–water partition coefficient (Wildman–Crippen LogP) is 3.07. The first-order valence-electron chi connectivity index (χ1n) is 16.4. The number of fused-ring (bicyclic) bond motifs is 1. The van der Waals surface area contributed by atoms with Crippen molar-refractivity contribution >= 4 is 41.1 Å². The highest BCUT2D eigenvalue weighted by molar-refractivity contribution is 8.00. The van der Waals surface area contributed by atoms with Gasteiger partial charge in [0.05, 0.1) is 49.6 Å². The lowest BCUT2D eigenvalue weighted by Crippen LogP contribution is -2.36. The van der Waals surface area contributed by atoms with E-state index in [1.165, 1.54) is 0 Å². The third-order valence-electron chi connectivity index (χ3n) is 8.32. The van der Waals surface area contributed by atoms with E-state index in [1.807, 2.05) is 25.6 Å². The maximum absolute atomic E-state index is 13.3. The molecule has 0 unspecified atom stereocenters. The van der Waals surface area contributed by atoms with Gasteiger partial charge in [0.25, 0.3) is 5.91 Å². The largest absolute Gasteiger partial charge is 0.507 e. The Labute approximate surface area is 280 Å². The van der Waals surface area contributed by atoms with E-state index in [0.29, 0.717) is 38.0 Å². The minimum atomic E-state index is -0.431. The quantitative estimate of drug-likeness (QED) is 0.0812. The number of rotatable bonds is 20. The van der Waals surface area contributed by atoms with Crippen molar-refractivity contribution in [3.05, 3.63) is 59.2 Å². The van der Waals surface area contributed by atoms with Crippen LogP contribution in [0, 0.1) is 0 Å². The van der Waals surface area contributed by atoms with Crippen LogP contribution in [0.1, 0.15) is 65.8 Å². The van der Waals surface area contributed by atoms with E-state index in [4.69, 9.17) is 9.47 Å². The molecule has 0 spiro atoms. The minimum Gasteiger partial charge on any atom is -0.507 e. The summed E-state index contributed by atoms with van der Waals surface area (Å²) in [5.74, 6) is -0.0258. The van der Waals surface area contributed by atoms with Gasteiger partial charge >= 0.3 is 6.03 Å². The number of urea groups is 1. The fourth-order valence-electron chi connectivity index (χ4n) is 5.80. The molecular weight excluding hydrogens is 622 g/mol. The molecule has 0 aromatic heterocycles. The van der Waals surface area contributed by atoms with Crippen LogP contribution in [0.5, 0.6) is 5.75 Å². The first kappa shape index (κ1) is 36.0. The summed E-state index contributed by atoms with van der Waals surface area (Å²) in [5.41, 5.74) is 1.38. The fourth-order valence-corrected chi connectivity index (χ4v) is 7.34. The first-order chi connectivity index (χ1) is 22.8. The van der Waals surface area contributed by atoms with Gasteiger partial charge < -0.3 is 40.7 Å². The van der Waals surface area contributed by atoms with Crippen molar-refractivity contribution in [2.45, 2.75) is 56.9 Å². The zero-order chi connectivity index (χ0) is 33.6. The number of phenolic OH excluding ortho intramolecular Hbond substituents is 1. The summed E-state index contributed by atoms with van der Waals surface area (Å²) in [6.45, 7) is 7.57. The van der Waals surface area contributed by atoms with E-state index in [1.54, 1.807) is 42.5 Å². The number of hydrogen-bond donors (Lipinski definition) is 5. The number of unbranched alkanes of at least 4 members (excludes halogenated alkanes) is 1. The number of hydrogen-bond acceptors (Lipinski definition) is 9. The average Bonchev–Trinajstić information content (AvgIpc) is 3.63. The normalized spacial score (nSPS) is 18.3. The lowest BCUT2D eigenvalue weighted by molar-refractivity contribution is -0.121. The Bertz CT molecular complexity index is 1370. The molecule has 12 nitrogen and oxygen atoms in total. The lowest BCUT2D eigenvalue weighted by Gasteiger charge is -2.21. The molecule has 5 N–H and O–H groups in total. The Morgan fingerprint density at radius 3 is 2.32 bits per heavy atom. The molecule has 4 rings (SSSR count). The number of carbonyl (C=O) groups excluding carboxylic acids is 4. The molecule has 13 heteroatoms. The number of amides is 4.